The van der Waals surface area contributed by atoms with Gasteiger partial charge in [0, 0.05) is 24.9 Å². The maximum atomic E-state index is 13.4. The Morgan fingerprint density at radius 2 is 2.17 bits per heavy atom. The lowest BCUT2D eigenvalue weighted by Crippen LogP contribution is -2.30. The van der Waals surface area contributed by atoms with Crippen molar-refractivity contribution in [2.24, 2.45) is 4.99 Å². The van der Waals surface area contributed by atoms with Crippen LogP contribution in [-0.2, 0) is 13.0 Å². The van der Waals surface area contributed by atoms with Crippen molar-refractivity contribution in [2.45, 2.75) is 25.8 Å². The molecule has 0 saturated heterocycles. The van der Waals surface area contributed by atoms with E-state index in [9.17, 15) is 4.39 Å². The van der Waals surface area contributed by atoms with Gasteiger partial charge in [0.1, 0.15) is 23.0 Å². The van der Waals surface area contributed by atoms with Crippen LogP contribution in [-0.4, -0.2) is 17.7 Å². The summed E-state index contributed by atoms with van der Waals surface area (Å²) in [5.41, 5.74) is 2.57. The summed E-state index contributed by atoms with van der Waals surface area (Å²) in [5.74, 6) is 1.26. The summed E-state index contributed by atoms with van der Waals surface area (Å²) in [6.07, 6.45) is 10.5. The monoisotopic (exact) mass is 323 g/mol. The molecule has 0 atom stereocenters. The van der Waals surface area contributed by atoms with E-state index in [1.807, 2.05) is 12.1 Å². The smallest absolute Gasteiger partial charge is 0.245 e. The molecule has 1 aromatic carbocycles. The molecule has 0 unspecified atom stereocenters. The zero-order valence-electron chi connectivity index (χ0n) is 13.3. The van der Waals surface area contributed by atoms with Gasteiger partial charge >= 0.3 is 0 Å². The minimum atomic E-state index is -0.221. The van der Waals surface area contributed by atoms with Gasteiger partial charge in [-0.3, -0.25) is 4.99 Å². The Bertz CT molecular complexity index is 835. The minimum absolute atomic E-state index is 0.221. The van der Waals surface area contributed by atoms with Crippen LogP contribution in [0.5, 0.6) is 0 Å². The summed E-state index contributed by atoms with van der Waals surface area (Å²) in [7, 11) is 0. The highest BCUT2D eigenvalue weighted by molar-refractivity contribution is 5.78. The van der Waals surface area contributed by atoms with E-state index in [1.54, 1.807) is 18.3 Å². The molecule has 4 nitrogen and oxygen atoms in total. The van der Waals surface area contributed by atoms with Gasteiger partial charge < -0.3 is 9.32 Å². The summed E-state index contributed by atoms with van der Waals surface area (Å²) >= 11 is 0. The van der Waals surface area contributed by atoms with Crippen molar-refractivity contribution >= 4 is 17.6 Å². The molecule has 0 spiro atoms. The van der Waals surface area contributed by atoms with E-state index in [1.165, 1.54) is 6.07 Å². The normalized spacial score (nSPS) is 22.0. The molecule has 5 heteroatoms. The number of anilines is 1. The van der Waals surface area contributed by atoms with Crippen molar-refractivity contribution in [3.8, 4) is 0 Å². The van der Waals surface area contributed by atoms with E-state index in [-0.39, 0.29) is 5.82 Å². The summed E-state index contributed by atoms with van der Waals surface area (Å²) in [4.78, 5) is 11.2. The average molecular weight is 323 g/mol. The maximum Gasteiger partial charge on any atom is 0.245 e. The number of hydrogen-bond acceptors (Lipinski definition) is 4. The lowest BCUT2D eigenvalue weighted by Gasteiger charge is -2.27. The molecular weight excluding hydrogens is 305 g/mol. The van der Waals surface area contributed by atoms with Crippen molar-refractivity contribution in [1.29, 1.82) is 0 Å². The minimum Gasteiger partial charge on any atom is -0.439 e. The largest absolute Gasteiger partial charge is 0.439 e. The highest BCUT2D eigenvalue weighted by Crippen LogP contribution is 2.28. The first kappa shape index (κ1) is 14.9. The molecule has 3 heterocycles. The Kier molecular flexibility index (Phi) is 3.99. The van der Waals surface area contributed by atoms with Crippen LogP contribution >= 0.6 is 0 Å². The molecule has 0 aliphatic carbocycles. The lowest BCUT2D eigenvalue weighted by atomic mass is 10.1. The number of allylic oxidation sites excluding steroid dienone is 3. The van der Waals surface area contributed by atoms with Crippen LogP contribution in [0.1, 0.15) is 30.2 Å². The fourth-order valence-electron chi connectivity index (χ4n) is 2.99. The van der Waals surface area contributed by atoms with Crippen molar-refractivity contribution in [1.82, 2.24) is 4.98 Å². The standard InChI is InChI=1S/C19H18FN3O/c20-14-6-5-7-15(12-14)23-11-9-18-17(13-23)22-19(24-18)16-8-3-1-2-4-10-21-16/h2,4-8,10,12H,1,3,9,11,13H2/b4-2-,16-8-,21-10-. The molecule has 0 fully saturated rings. The van der Waals surface area contributed by atoms with Crippen molar-refractivity contribution in [2.75, 3.05) is 11.4 Å². The van der Waals surface area contributed by atoms with Gasteiger partial charge in [0.25, 0.3) is 0 Å². The second kappa shape index (κ2) is 6.43. The second-order valence-electron chi connectivity index (χ2n) is 5.91. The van der Waals surface area contributed by atoms with Gasteiger partial charge in [-0.2, -0.15) is 0 Å². The van der Waals surface area contributed by atoms with E-state index < -0.39 is 0 Å². The molecule has 0 saturated carbocycles. The zero-order chi connectivity index (χ0) is 16.4. The molecule has 0 amide bonds. The highest BCUT2D eigenvalue weighted by Gasteiger charge is 2.23. The summed E-state index contributed by atoms with van der Waals surface area (Å²) in [5, 5.41) is 0. The summed E-state index contributed by atoms with van der Waals surface area (Å²) < 4.78 is 19.4. The Morgan fingerprint density at radius 1 is 1.21 bits per heavy atom. The predicted octanol–water partition coefficient (Wildman–Crippen LogP) is 4.14. The van der Waals surface area contributed by atoms with Crippen LogP contribution < -0.4 is 4.90 Å². The molecule has 0 bridgehead atoms. The van der Waals surface area contributed by atoms with Crippen molar-refractivity contribution < 1.29 is 8.81 Å². The van der Waals surface area contributed by atoms with Crippen LogP contribution in [0.25, 0.3) is 5.70 Å². The van der Waals surface area contributed by atoms with Crippen molar-refractivity contribution in [3.63, 3.8) is 0 Å². The number of hydrogen-bond donors (Lipinski definition) is 0. The molecule has 4 rings (SSSR count). The molecular formula is C19H18FN3O. The fourth-order valence-corrected chi connectivity index (χ4v) is 2.99. The average Bonchev–Trinajstić information content (AvgIpc) is 2.97. The Labute approximate surface area is 140 Å². The topological polar surface area (TPSA) is 41.6 Å². The van der Waals surface area contributed by atoms with Crippen LogP contribution in [0.4, 0.5) is 10.1 Å². The van der Waals surface area contributed by atoms with Gasteiger partial charge in [-0.25, -0.2) is 9.37 Å². The molecule has 0 N–H and O–H groups in total. The second-order valence-corrected chi connectivity index (χ2v) is 5.91. The van der Waals surface area contributed by atoms with Gasteiger partial charge in [0.15, 0.2) is 0 Å². The first-order valence-electron chi connectivity index (χ1n) is 8.18. The Balaban J connectivity index is 1.59. The maximum absolute atomic E-state index is 13.4. The van der Waals surface area contributed by atoms with Gasteiger partial charge in [0.05, 0.1) is 6.54 Å². The first-order valence-corrected chi connectivity index (χ1v) is 8.18. The van der Waals surface area contributed by atoms with Crippen molar-refractivity contribution in [3.05, 3.63) is 65.7 Å². The van der Waals surface area contributed by atoms with Crippen LogP contribution in [0.2, 0.25) is 0 Å². The number of halogens is 1. The number of benzene rings is 1. The molecule has 24 heavy (non-hydrogen) atoms. The third-order valence-corrected chi connectivity index (χ3v) is 4.23. The van der Waals surface area contributed by atoms with Gasteiger partial charge in [0.2, 0.25) is 5.89 Å². The van der Waals surface area contributed by atoms with Crippen LogP contribution in [0.3, 0.4) is 0 Å². The molecule has 2 aliphatic heterocycles. The van der Waals surface area contributed by atoms with Crippen LogP contribution in [0.15, 0.2) is 51.9 Å². The quantitative estimate of drug-likeness (QED) is 0.834. The number of aliphatic imine (C=N–C) groups is 1. The number of nitrogens with zero attached hydrogens (tertiary/aromatic N) is 3. The molecule has 122 valence electrons. The third-order valence-electron chi connectivity index (χ3n) is 4.23. The number of oxazole rings is 1. The number of aromatic nitrogens is 1. The zero-order valence-corrected chi connectivity index (χ0v) is 13.3. The van der Waals surface area contributed by atoms with E-state index in [0.717, 1.165) is 48.6 Å². The van der Waals surface area contributed by atoms with E-state index in [0.29, 0.717) is 12.4 Å². The van der Waals surface area contributed by atoms with E-state index in [4.69, 9.17) is 4.42 Å². The fraction of sp³-hybridized carbons (Fsp3) is 0.263. The molecule has 2 aromatic rings. The van der Waals surface area contributed by atoms with E-state index in [2.05, 4.69) is 27.0 Å². The van der Waals surface area contributed by atoms with Gasteiger partial charge in [-0.1, -0.05) is 18.2 Å². The first-order chi connectivity index (χ1) is 11.8. The van der Waals surface area contributed by atoms with Crippen LogP contribution in [0, 0.1) is 5.82 Å². The van der Waals surface area contributed by atoms with Gasteiger partial charge in [-0.05, 0) is 37.1 Å². The Hall–Kier alpha value is -2.69. The van der Waals surface area contributed by atoms with Gasteiger partial charge in [-0.15, -0.1) is 0 Å². The molecule has 2 aliphatic rings. The summed E-state index contributed by atoms with van der Waals surface area (Å²) in [6, 6.07) is 6.67. The SMILES string of the molecule is Fc1cccc(N2CCc3oc(C4=C/CC\C=C/C=N\4)nc3C2)c1. The van der Waals surface area contributed by atoms with E-state index >= 15 is 0 Å². The highest BCUT2D eigenvalue weighted by atomic mass is 19.1. The molecule has 0 radical (unpaired) electrons. The number of rotatable bonds is 2. The Morgan fingerprint density at radius 3 is 3.08 bits per heavy atom. The lowest BCUT2D eigenvalue weighted by molar-refractivity contribution is 0.477. The number of fused-ring (bicyclic) bond motifs is 1. The summed E-state index contributed by atoms with van der Waals surface area (Å²) in [6.45, 7) is 1.41. The predicted molar refractivity (Wildman–Crippen MR) is 92.5 cm³/mol. The molecule has 1 aromatic heterocycles. The third kappa shape index (κ3) is 3.02.